The Morgan fingerprint density at radius 2 is 2.05 bits per heavy atom. The molecule has 1 heterocycles. The van der Waals surface area contributed by atoms with Gasteiger partial charge in [-0.3, -0.25) is 4.68 Å². The van der Waals surface area contributed by atoms with Gasteiger partial charge in [0.1, 0.15) is 0 Å². The van der Waals surface area contributed by atoms with E-state index in [0.717, 1.165) is 11.1 Å². The quantitative estimate of drug-likeness (QED) is 0.800. The standard InChI is InChI=1S/C13H19N5O2S/c1-10-7-11(2)13(8-12(10)9-14)21(19,20)16-4-6-18-5-3-15-17-18/h3,5,7-8,16H,4,6,9,14H2,1-2H3. The first-order valence-electron chi connectivity index (χ1n) is 6.58. The van der Waals surface area contributed by atoms with Crippen LogP contribution in [0.15, 0.2) is 29.4 Å². The first kappa shape index (κ1) is 15.6. The summed E-state index contributed by atoms with van der Waals surface area (Å²) in [7, 11) is -3.56. The Balaban J connectivity index is 2.15. The van der Waals surface area contributed by atoms with E-state index in [2.05, 4.69) is 15.0 Å². The summed E-state index contributed by atoms with van der Waals surface area (Å²) in [4.78, 5) is 0.271. The lowest BCUT2D eigenvalue weighted by atomic mass is 10.1. The molecule has 7 nitrogen and oxygen atoms in total. The van der Waals surface area contributed by atoms with E-state index in [1.807, 2.05) is 13.0 Å². The molecular formula is C13H19N5O2S. The molecule has 8 heteroatoms. The molecule has 0 aliphatic rings. The minimum atomic E-state index is -3.56. The average Bonchev–Trinajstić information content (AvgIpc) is 2.91. The summed E-state index contributed by atoms with van der Waals surface area (Å²) in [5.41, 5.74) is 8.18. The van der Waals surface area contributed by atoms with Gasteiger partial charge in [-0.25, -0.2) is 13.1 Å². The van der Waals surface area contributed by atoms with Crippen molar-refractivity contribution < 1.29 is 8.42 Å². The second kappa shape index (κ2) is 6.33. The molecule has 0 saturated carbocycles. The van der Waals surface area contributed by atoms with E-state index in [0.29, 0.717) is 18.7 Å². The van der Waals surface area contributed by atoms with Gasteiger partial charge in [-0.15, -0.1) is 5.10 Å². The maximum Gasteiger partial charge on any atom is 0.240 e. The molecule has 0 atom stereocenters. The van der Waals surface area contributed by atoms with E-state index in [4.69, 9.17) is 5.73 Å². The Hall–Kier alpha value is -1.77. The predicted molar refractivity (Wildman–Crippen MR) is 79.0 cm³/mol. The van der Waals surface area contributed by atoms with Gasteiger partial charge >= 0.3 is 0 Å². The third-order valence-electron chi connectivity index (χ3n) is 3.25. The van der Waals surface area contributed by atoms with Crippen LogP contribution in [0.2, 0.25) is 0 Å². The van der Waals surface area contributed by atoms with Crippen molar-refractivity contribution in [2.45, 2.75) is 31.8 Å². The van der Waals surface area contributed by atoms with Crippen molar-refractivity contribution in [2.24, 2.45) is 5.73 Å². The number of nitrogens with one attached hydrogen (secondary N) is 1. The summed E-state index contributed by atoms with van der Waals surface area (Å²) in [5.74, 6) is 0. The van der Waals surface area contributed by atoms with Crippen LogP contribution in [-0.2, 0) is 23.1 Å². The Kier molecular flexibility index (Phi) is 4.71. The molecule has 2 aromatic rings. The zero-order chi connectivity index (χ0) is 15.5. The summed E-state index contributed by atoms with van der Waals surface area (Å²) in [5, 5.41) is 7.44. The van der Waals surface area contributed by atoms with E-state index in [9.17, 15) is 8.42 Å². The lowest BCUT2D eigenvalue weighted by Crippen LogP contribution is -2.28. The van der Waals surface area contributed by atoms with E-state index < -0.39 is 10.0 Å². The molecule has 0 fully saturated rings. The average molecular weight is 309 g/mol. The smallest absolute Gasteiger partial charge is 0.240 e. The SMILES string of the molecule is Cc1cc(C)c(S(=O)(=O)NCCn2ccnn2)cc1CN. The number of hydrogen-bond acceptors (Lipinski definition) is 5. The highest BCUT2D eigenvalue weighted by Gasteiger charge is 2.17. The summed E-state index contributed by atoms with van der Waals surface area (Å²) in [6.45, 7) is 4.68. The lowest BCUT2D eigenvalue weighted by molar-refractivity contribution is 0.552. The zero-order valence-electron chi connectivity index (χ0n) is 12.1. The molecule has 1 aromatic carbocycles. The number of nitrogens with zero attached hydrogens (tertiary/aromatic N) is 3. The van der Waals surface area contributed by atoms with E-state index in [1.54, 1.807) is 30.1 Å². The van der Waals surface area contributed by atoms with Gasteiger partial charge in [0.15, 0.2) is 0 Å². The zero-order valence-corrected chi connectivity index (χ0v) is 12.9. The van der Waals surface area contributed by atoms with Crippen molar-refractivity contribution >= 4 is 10.0 Å². The number of sulfonamides is 1. The number of rotatable bonds is 6. The monoisotopic (exact) mass is 309 g/mol. The fourth-order valence-electron chi connectivity index (χ4n) is 2.11. The Bertz CT molecular complexity index is 710. The Morgan fingerprint density at radius 1 is 1.29 bits per heavy atom. The molecular weight excluding hydrogens is 290 g/mol. The molecule has 0 unspecified atom stereocenters. The molecule has 0 saturated heterocycles. The summed E-state index contributed by atoms with van der Waals surface area (Å²) in [6, 6.07) is 3.48. The molecule has 2 rings (SSSR count). The fourth-order valence-corrected chi connectivity index (χ4v) is 3.40. The van der Waals surface area contributed by atoms with Crippen molar-refractivity contribution in [3.63, 3.8) is 0 Å². The van der Waals surface area contributed by atoms with Crippen LogP contribution >= 0.6 is 0 Å². The topological polar surface area (TPSA) is 103 Å². The minimum Gasteiger partial charge on any atom is -0.326 e. The summed E-state index contributed by atoms with van der Waals surface area (Å²) in [6.07, 6.45) is 3.23. The fraction of sp³-hybridized carbons (Fsp3) is 0.385. The molecule has 0 radical (unpaired) electrons. The molecule has 0 spiro atoms. The van der Waals surface area contributed by atoms with Crippen molar-refractivity contribution in [1.82, 2.24) is 19.7 Å². The van der Waals surface area contributed by atoms with Crippen molar-refractivity contribution in [3.8, 4) is 0 Å². The van der Waals surface area contributed by atoms with Crippen LogP contribution in [0, 0.1) is 13.8 Å². The predicted octanol–water partition coefficient (Wildman–Crippen LogP) is 0.332. The van der Waals surface area contributed by atoms with E-state index in [1.165, 1.54) is 0 Å². The highest BCUT2D eigenvalue weighted by molar-refractivity contribution is 7.89. The van der Waals surface area contributed by atoms with Crippen molar-refractivity contribution in [3.05, 3.63) is 41.2 Å². The van der Waals surface area contributed by atoms with Crippen LogP contribution < -0.4 is 10.5 Å². The molecule has 3 N–H and O–H groups in total. The van der Waals surface area contributed by atoms with Gasteiger partial charge < -0.3 is 5.73 Å². The van der Waals surface area contributed by atoms with Gasteiger partial charge in [-0.05, 0) is 36.6 Å². The Morgan fingerprint density at radius 3 is 2.67 bits per heavy atom. The van der Waals surface area contributed by atoms with Gasteiger partial charge in [0, 0.05) is 19.3 Å². The number of benzene rings is 1. The third-order valence-corrected chi connectivity index (χ3v) is 4.85. The second-order valence-corrected chi connectivity index (χ2v) is 6.55. The number of aryl methyl sites for hydroxylation is 2. The van der Waals surface area contributed by atoms with Crippen LogP contribution in [0.1, 0.15) is 16.7 Å². The second-order valence-electron chi connectivity index (χ2n) is 4.81. The van der Waals surface area contributed by atoms with Gasteiger partial charge in [0.2, 0.25) is 10.0 Å². The highest BCUT2D eigenvalue weighted by atomic mass is 32.2. The van der Waals surface area contributed by atoms with Gasteiger partial charge in [-0.1, -0.05) is 11.3 Å². The van der Waals surface area contributed by atoms with Crippen molar-refractivity contribution in [2.75, 3.05) is 6.54 Å². The van der Waals surface area contributed by atoms with Crippen molar-refractivity contribution in [1.29, 1.82) is 0 Å². The van der Waals surface area contributed by atoms with E-state index in [-0.39, 0.29) is 11.4 Å². The largest absolute Gasteiger partial charge is 0.326 e. The van der Waals surface area contributed by atoms with E-state index >= 15 is 0 Å². The molecule has 0 aliphatic heterocycles. The first-order valence-corrected chi connectivity index (χ1v) is 8.06. The number of aromatic nitrogens is 3. The van der Waals surface area contributed by atoms with Crippen LogP contribution in [0.25, 0.3) is 0 Å². The first-order chi connectivity index (χ1) is 9.94. The molecule has 1 aromatic heterocycles. The van der Waals surface area contributed by atoms with Crippen LogP contribution in [0.4, 0.5) is 0 Å². The molecule has 0 aliphatic carbocycles. The number of hydrogen-bond donors (Lipinski definition) is 2. The highest BCUT2D eigenvalue weighted by Crippen LogP contribution is 2.20. The summed E-state index contributed by atoms with van der Waals surface area (Å²) < 4.78 is 28.9. The Labute approximate surface area is 124 Å². The lowest BCUT2D eigenvalue weighted by Gasteiger charge is -2.12. The van der Waals surface area contributed by atoms with Gasteiger partial charge in [0.05, 0.1) is 17.6 Å². The maximum atomic E-state index is 12.4. The van der Waals surface area contributed by atoms with Gasteiger partial charge in [-0.2, -0.15) is 0 Å². The van der Waals surface area contributed by atoms with Crippen LogP contribution in [0.5, 0.6) is 0 Å². The number of nitrogens with two attached hydrogens (primary N) is 1. The molecule has 0 bridgehead atoms. The minimum absolute atomic E-state index is 0.247. The molecule has 0 amide bonds. The van der Waals surface area contributed by atoms with Crippen LogP contribution in [0.3, 0.4) is 0 Å². The van der Waals surface area contributed by atoms with Gasteiger partial charge in [0.25, 0.3) is 0 Å². The summed E-state index contributed by atoms with van der Waals surface area (Å²) >= 11 is 0. The maximum absolute atomic E-state index is 12.4. The normalized spacial score (nSPS) is 11.8. The third kappa shape index (κ3) is 3.66. The molecule has 114 valence electrons. The molecule has 21 heavy (non-hydrogen) atoms. The van der Waals surface area contributed by atoms with Crippen LogP contribution in [-0.4, -0.2) is 30.0 Å².